The van der Waals surface area contributed by atoms with E-state index in [4.69, 9.17) is 5.14 Å². The molecular formula is C12H12N4O2S2. The Bertz CT molecular complexity index is 818. The maximum Gasteiger partial charge on any atom is 0.249 e. The first-order valence-corrected chi connectivity index (χ1v) is 8.18. The number of nitrogens with one attached hydrogen (secondary N) is 2. The van der Waals surface area contributed by atoms with E-state index in [1.807, 2.05) is 30.3 Å². The van der Waals surface area contributed by atoms with Gasteiger partial charge in [0.15, 0.2) is 9.34 Å². The molecule has 0 atom stereocenters. The predicted octanol–water partition coefficient (Wildman–Crippen LogP) is 1.88. The minimum atomic E-state index is -3.68. The molecule has 2 aromatic heterocycles. The number of hydrogen-bond donors (Lipinski definition) is 3. The van der Waals surface area contributed by atoms with E-state index in [0.717, 1.165) is 27.9 Å². The molecule has 0 saturated heterocycles. The standard InChI is InChI=1S/C12H12N4O2S2/c13-20(17,18)11-7-15-12(19-11)14-6-9-5-8-3-1-2-4-10(8)16-9/h1-5,7,16H,6H2,(H,14,15)(H2,13,17,18). The average molecular weight is 308 g/mol. The molecule has 0 saturated carbocycles. The van der Waals surface area contributed by atoms with E-state index in [-0.39, 0.29) is 4.21 Å². The van der Waals surface area contributed by atoms with Gasteiger partial charge < -0.3 is 10.3 Å². The summed E-state index contributed by atoms with van der Waals surface area (Å²) in [6.07, 6.45) is 1.26. The van der Waals surface area contributed by atoms with E-state index in [1.54, 1.807) is 0 Å². The predicted molar refractivity (Wildman–Crippen MR) is 79.1 cm³/mol. The quantitative estimate of drug-likeness (QED) is 0.685. The van der Waals surface area contributed by atoms with Gasteiger partial charge in [-0.3, -0.25) is 0 Å². The number of rotatable bonds is 4. The van der Waals surface area contributed by atoms with Crippen LogP contribution in [0, 0.1) is 0 Å². The van der Waals surface area contributed by atoms with Crippen LogP contribution in [0.2, 0.25) is 0 Å². The van der Waals surface area contributed by atoms with Crippen LogP contribution >= 0.6 is 11.3 Å². The zero-order valence-electron chi connectivity index (χ0n) is 10.3. The van der Waals surface area contributed by atoms with Gasteiger partial charge in [0, 0.05) is 11.2 Å². The molecule has 0 radical (unpaired) electrons. The van der Waals surface area contributed by atoms with Crippen LogP contribution in [0.15, 0.2) is 40.7 Å². The van der Waals surface area contributed by atoms with Gasteiger partial charge in [-0.25, -0.2) is 18.5 Å². The highest BCUT2D eigenvalue weighted by molar-refractivity contribution is 7.91. The largest absolute Gasteiger partial charge is 0.357 e. The lowest BCUT2D eigenvalue weighted by molar-refractivity contribution is 0.599. The van der Waals surface area contributed by atoms with Crippen LogP contribution in [0.5, 0.6) is 0 Å². The number of aromatic nitrogens is 2. The van der Waals surface area contributed by atoms with Crippen molar-refractivity contribution in [1.29, 1.82) is 0 Å². The molecule has 20 heavy (non-hydrogen) atoms. The van der Waals surface area contributed by atoms with Gasteiger partial charge in [-0.2, -0.15) is 0 Å². The minimum Gasteiger partial charge on any atom is -0.357 e. The summed E-state index contributed by atoms with van der Waals surface area (Å²) in [5, 5.41) is 9.76. The highest BCUT2D eigenvalue weighted by Crippen LogP contribution is 2.22. The minimum absolute atomic E-state index is 0.0525. The molecule has 0 unspecified atom stereocenters. The lowest BCUT2D eigenvalue weighted by Crippen LogP contribution is -2.09. The summed E-state index contributed by atoms with van der Waals surface area (Å²) >= 11 is 1.02. The van der Waals surface area contributed by atoms with Crippen molar-refractivity contribution in [3.8, 4) is 0 Å². The smallest absolute Gasteiger partial charge is 0.249 e. The monoisotopic (exact) mass is 308 g/mol. The zero-order valence-corrected chi connectivity index (χ0v) is 12.0. The fourth-order valence-electron chi connectivity index (χ4n) is 1.87. The van der Waals surface area contributed by atoms with Crippen LogP contribution < -0.4 is 10.5 Å². The van der Waals surface area contributed by atoms with Crippen LogP contribution in [-0.4, -0.2) is 18.4 Å². The van der Waals surface area contributed by atoms with Gasteiger partial charge in [0.2, 0.25) is 10.0 Å². The average Bonchev–Trinajstić information content (AvgIpc) is 3.02. The Morgan fingerprint density at radius 3 is 2.85 bits per heavy atom. The highest BCUT2D eigenvalue weighted by atomic mass is 32.2. The van der Waals surface area contributed by atoms with Gasteiger partial charge in [0.25, 0.3) is 0 Å². The van der Waals surface area contributed by atoms with Crippen LogP contribution in [0.4, 0.5) is 5.13 Å². The molecule has 0 aliphatic rings. The van der Waals surface area contributed by atoms with Crippen molar-refractivity contribution >= 4 is 37.4 Å². The molecule has 0 aliphatic carbocycles. The van der Waals surface area contributed by atoms with Crippen molar-refractivity contribution in [3.05, 3.63) is 42.2 Å². The van der Waals surface area contributed by atoms with Gasteiger partial charge >= 0.3 is 0 Å². The SMILES string of the molecule is NS(=O)(=O)c1cnc(NCc2cc3ccccc3[nH]2)s1. The fourth-order valence-corrected chi connectivity index (χ4v) is 3.32. The molecule has 0 bridgehead atoms. The molecule has 3 rings (SSSR count). The molecule has 0 aliphatic heterocycles. The van der Waals surface area contributed by atoms with Crippen molar-refractivity contribution < 1.29 is 8.42 Å². The van der Waals surface area contributed by atoms with Crippen molar-refractivity contribution in [1.82, 2.24) is 9.97 Å². The maximum atomic E-state index is 11.2. The van der Waals surface area contributed by atoms with Crippen molar-refractivity contribution in [3.63, 3.8) is 0 Å². The van der Waals surface area contributed by atoms with Crippen LogP contribution in [0.3, 0.4) is 0 Å². The number of aromatic amines is 1. The molecule has 0 spiro atoms. The van der Waals surface area contributed by atoms with Gasteiger partial charge in [0.1, 0.15) is 0 Å². The third-order valence-corrected chi connectivity index (χ3v) is 5.14. The van der Waals surface area contributed by atoms with E-state index < -0.39 is 10.0 Å². The number of benzene rings is 1. The number of anilines is 1. The summed E-state index contributed by atoms with van der Waals surface area (Å²) in [6, 6.07) is 10.0. The molecule has 8 heteroatoms. The second kappa shape index (κ2) is 4.89. The molecular weight excluding hydrogens is 296 g/mol. The number of thiazole rings is 1. The van der Waals surface area contributed by atoms with E-state index in [9.17, 15) is 8.42 Å². The third-order valence-electron chi connectivity index (χ3n) is 2.78. The first-order chi connectivity index (χ1) is 9.52. The molecule has 4 N–H and O–H groups in total. The van der Waals surface area contributed by atoms with Crippen LogP contribution in [0.25, 0.3) is 10.9 Å². The first-order valence-electron chi connectivity index (χ1n) is 5.81. The second-order valence-electron chi connectivity index (χ2n) is 4.26. The Hall–Kier alpha value is -1.90. The molecule has 0 amide bonds. The summed E-state index contributed by atoms with van der Waals surface area (Å²) in [7, 11) is -3.68. The van der Waals surface area contributed by atoms with Crippen molar-refractivity contribution in [2.45, 2.75) is 10.8 Å². The Labute approximate surface area is 119 Å². The summed E-state index contributed by atoms with van der Waals surface area (Å²) in [6.45, 7) is 0.534. The number of hydrogen-bond acceptors (Lipinski definition) is 5. The van der Waals surface area contributed by atoms with Crippen molar-refractivity contribution in [2.24, 2.45) is 5.14 Å². The molecule has 0 fully saturated rings. The lowest BCUT2D eigenvalue weighted by Gasteiger charge is -1.99. The Morgan fingerprint density at radius 1 is 1.35 bits per heavy atom. The number of primary sulfonamides is 1. The fraction of sp³-hybridized carbons (Fsp3) is 0.0833. The van der Waals surface area contributed by atoms with Crippen LogP contribution in [-0.2, 0) is 16.6 Å². The summed E-state index contributed by atoms with van der Waals surface area (Å²) in [5.41, 5.74) is 2.06. The third kappa shape index (κ3) is 2.67. The number of H-pyrrole nitrogens is 1. The molecule has 1 aromatic carbocycles. The maximum absolute atomic E-state index is 11.2. The van der Waals surface area contributed by atoms with Gasteiger partial charge in [0.05, 0.1) is 12.7 Å². The Kier molecular flexibility index (Phi) is 3.20. The molecule has 3 aromatic rings. The van der Waals surface area contributed by atoms with Crippen molar-refractivity contribution in [2.75, 3.05) is 5.32 Å². The number of sulfonamides is 1. The number of fused-ring (bicyclic) bond motifs is 1. The van der Waals surface area contributed by atoms with E-state index in [0.29, 0.717) is 11.7 Å². The van der Waals surface area contributed by atoms with Gasteiger partial charge in [-0.15, -0.1) is 0 Å². The molecule has 2 heterocycles. The van der Waals surface area contributed by atoms with E-state index >= 15 is 0 Å². The normalized spacial score (nSPS) is 11.8. The van der Waals surface area contributed by atoms with Gasteiger partial charge in [-0.1, -0.05) is 29.5 Å². The second-order valence-corrected chi connectivity index (χ2v) is 7.08. The Morgan fingerprint density at radius 2 is 2.15 bits per heavy atom. The summed E-state index contributed by atoms with van der Waals surface area (Å²) in [5.74, 6) is 0. The number of para-hydroxylation sites is 1. The molecule has 104 valence electrons. The molecule has 6 nitrogen and oxygen atoms in total. The highest BCUT2D eigenvalue weighted by Gasteiger charge is 2.12. The Balaban J connectivity index is 1.74. The lowest BCUT2D eigenvalue weighted by atomic mass is 10.2. The van der Waals surface area contributed by atoms with Gasteiger partial charge in [-0.05, 0) is 17.5 Å². The van der Waals surface area contributed by atoms with E-state index in [2.05, 4.69) is 15.3 Å². The first kappa shape index (κ1) is 13.1. The van der Waals surface area contributed by atoms with Crippen LogP contribution in [0.1, 0.15) is 5.69 Å². The zero-order chi connectivity index (χ0) is 14.2. The van der Waals surface area contributed by atoms with E-state index in [1.165, 1.54) is 6.20 Å². The number of nitrogens with zero attached hydrogens (tertiary/aromatic N) is 1. The topological polar surface area (TPSA) is 101 Å². The summed E-state index contributed by atoms with van der Waals surface area (Å²) < 4.78 is 22.4. The summed E-state index contributed by atoms with van der Waals surface area (Å²) in [4.78, 5) is 7.26. The number of nitrogens with two attached hydrogens (primary N) is 1.